The summed E-state index contributed by atoms with van der Waals surface area (Å²) in [6.45, 7) is 3.74. The average Bonchev–Trinajstić information content (AvgIpc) is 3.36. The summed E-state index contributed by atoms with van der Waals surface area (Å²) in [5.41, 5.74) is 3.94. The first-order valence-corrected chi connectivity index (χ1v) is 11.0. The number of nitrogens with zero attached hydrogens (tertiary/aromatic N) is 5. The van der Waals surface area contributed by atoms with Crippen molar-refractivity contribution in [2.75, 3.05) is 38.3 Å². The van der Waals surface area contributed by atoms with E-state index in [1.165, 1.54) is 11.1 Å². The predicted octanol–water partition coefficient (Wildman–Crippen LogP) is 3.82. The maximum Gasteiger partial charge on any atom is 0.230 e. The molecule has 2 aliphatic rings. The van der Waals surface area contributed by atoms with Crippen LogP contribution in [0.5, 0.6) is 0 Å². The van der Waals surface area contributed by atoms with Gasteiger partial charge in [-0.3, -0.25) is 9.47 Å². The molecule has 0 saturated carbocycles. The van der Waals surface area contributed by atoms with Crippen molar-refractivity contribution in [2.45, 2.75) is 25.6 Å². The molecule has 30 heavy (non-hydrogen) atoms. The second-order valence-electron chi connectivity index (χ2n) is 8.00. The zero-order chi connectivity index (χ0) is 20.5. The monoisotopic (exact) mass is 421 g/mol. The SMILES string of the molecule is CN(Cn1nc(N2CCOCC2)n(-c2ccccc2)c1=S)C1CCc2ccccc21. The molecule has 0 bridgehead atoms. The van der Waals surface area contributed by atoms with Crippen LogP contribution in [0.3, 0.4) is 0 Å². The summed E-state index contributed by atoms with van der Waals surface area (Å²) >= 11 is 5.91. The Kier molecular flexibility index (Phi) is 5.41. The lowest BCUT2D eigenvalue weighted by Crippen LogP contribution is -2.38. The standard InChI is InChI=1S/C23H27N5OS/c1-25(21-12-11-18-7-5-6-10-20(18)21)17-27-23(30)28(19-8-3-2-4-9-19)22(24-27)26-13-15-29-16-14-26/h2-10,21H,11-17H2,1H3. The van der Waals surface area contributed by atoms with Gasteiger partial charge >= 0.3 is 0 Å². The molecule has 1 atom stereocenters. The number of benzene rings is 2. The van der Waals surface area contributed by atoms with Crippen molar-refractivity contribution in [3.63, 3.8) is 0 Å². The number of fused-ring (bicyclic) bond motifs is 1. The van der Waals surface area contributed by atoms with Gasteiger partial charge in [0.05, 0.1) is 25.6 Å². The summed E-state index contributed by atoms with van der Waals surface area (Å²) in [6, 6.07) is 19.4. The highest BCUT2D eigenvalue weighted by Gasteiger charge is 2.27. The second kappa shape index (κ2) is 8.34. The van der Waals surface area contributed by atoms with Gasteiger partial charge in [0.1, 0.15) is 0 Å². The smallest absolute Gasteiger partial charge is 0.230 e. The number of hydrogen-bond donors (Lipinski definition) is 0. The van der Waals surface area contributed by atoms with E-state index in [0.717, 1.165) is 42.3 Å². The van der Waals surface area contributed by atoms with E-state index in [2.05, 4.69) is 57.8 Å². The Morgan fingerprint density at radius 1 is 1.07 bits per heavy atom. The normalized spacial score (nSPS) is 18.7. The van der Waals surface area contributed by atoms with Gasteiger partial charge < -0.3 is 9.64 Å². The van der Waals surface area contributed by atoms with Gasteiger partial charge in [-0.25, -0.2) is 4.68 Å². The minimum Gasteiger partial charge on any atom is -0.378 e. The van der Waals surface area contributed by atoms with Crippen LogP contribution < -0.4 is 4.90 Å². The molecule has 1 aromatic heterocycles. The number of hydrogen-bond acceptors (Lipinski definition) is 5. The van der Waals surface area contributed by atoms with E-state index in [-0.39, 0.29) is 0 Å². The molecule has 5 rings (SSSR count). The van der Waals surface area contributed by atoms with Gasteiger partial charge in [0.2, 0.25) is 10.7 Å². The molecule has 6 nitrogen and oxygen atoms in total. The first kappa shape index (κ1) is 19.5. The molecule has 1 fully saturated rings. The fraction of sp³-hybridized carbons (Fsp3) is 0.391. The third-order valence-electron chi connectivity index (χ3n) is 6.12. The first-order valence-electron chi connectivity index (χ1n) is 10.6. The van der Waals surface area contributed by atoms with Crippen LogP contribution in [-0.2, 0) is 17.8 Å². The summed E-state index contributed by atoms with van der Waals surface area (Å²) in [7, 11) is 2.17. The molecular formula is C23H27N5OS. The minimum atomic E-state index is 0.400. The molecule has 1 unspecified atom stereocenters. The summed E-state index contributed by atoms with van der Waals surface area (Å²) < 4.78 is 10.3. The lowest BCUT2D eigenvalue weighted by molar-refractivity contribution is 0.121. The second-order valence-corrected chi connectivity index (χ2v) is 8.37. The van der Waals surface area contributed by atoms with E-state index in [4.69, 9.17) is 22.1 Å². The van der Waals surface area contributed by atoms with Crippen molar-refractivity contribution in [2.24, 2.45) is 0 Å². The summed E-state index contributed by atoms with van der Waals surface area (Å²) in [4.78, 5) is 4.64. The van der Waals surface area contributed by atoms with Crippen LogP contribution in [-0.4, -0.2) is 52.6 Å². The van der Waals surface area contributed by atoms with Crippen LogP contribution in [0.4, 0.5) is 5.95 Å². The van der Waals surface area contributed by atoms with Gasteiger partial charge in [0.25, 0.3) is 0 Å². The lowest BCUT2D eigenvalue weighted by atomic mass is 10.1. The Bertz CT molecular complexity index is 1070. The largest absolute Gasteiger partial charge is 0.378 e. The third-order valence-corrected chi connectivity index (χ3v) is 6.51. The Morgan fingerprint density at radius 3 is 2.60 bits per heavy atom. The van der Waals surface area contributed by atoms with Crippen LogP contribution in [0.2, 0.25) is 0 Å². The number of anilines is 1. The van der Waals surface area contributed by atoms with Gasteiger partial charge in [0, 0.05) is 19.1 Å². The van der Waals surface area contributed by atoms with Crippen LogP contribution in [0.1, 0.15) is 23.6 Å². The molecule has 2 heterocycles. The van der Waals surface area contributed by atoms with Crippen molar-refractivity contribution in [1.82, 2.24) is 19.2 Å². The molecule has 3 aromatic rings. The van der Waals surface area contributed by atoms with Crippen LogP contribution in [0.25, 0.3) is 5.69 Å². The molecule has 1 saturated heterocycles. The minimum absolute atomic E-state index is 0.400. The van der Waals surface area contributed by atoms with Gasteiger partial charge in [-0.2, -0.15) is 0 Å². The van der Waals surface area contributed by atoms with Gasteiger partial charge in [0.15, 0.2) is 0 Å². The molecular weight excluding hydrogens is 394 g/mol. The third kappa shape index (κ3) is 3.57. The highest BCUT2D eigenvalue weighted by molar-refractivity contribution is 7.71. The highest BCUT2D eigenvalue weighted by Crippen LogP contribution is 2.35. The molecule has 0 N–H and O–H groups in total. The molecule has 1 aliphatic carbocycles. The van der Waals surface area contributed by atoms with Gasteiger partial charge in [-0.05, 0) is 55.4 Å². The quantitative estimate of drug-likeness (QED) is 0.586. The Hall–Kier alpha value is -2.48. The predicted molar refractivity (Wildman–Crippen MR) is 121 cm³/mol. The number of para-hydroxylation sites is 1. The van der Waals surface area contributed by atoms with Crippen LogP contribution in [0.15, 0.2) is 54.6 Å². The molecule has 7 heteroatoms. The number of rotatable bonds is 5. The van der Waals surface area contributed by atoms with Crippen molar-refractivity contribution in [3.8, 4) is 5.69 Å². The van der Waals surface area contributed by atoms with E-state index < -0.39 is 0 Å². The van der Waals surface area contributed by atoms with Crippen molar-refractivity contribution < 1.29 is 4.74 Å². The summed E-state index contributed by atoms with van der Waals surface area (Å²) in [5, 5.41) is 4.98. The van der Waals surface area contributed by atoms with Gasteiger partial charge in [-0.1, -0.05) is 42.5 Å². The Balaban J connectivity index is 1.48. The molecule has 0 radical (unpaired) electrons. The van der Waals surface area contributed by atoms with E-state index >= 15 is 0 Å². The highest BCUT2D eigenvalue weighted by atomic mass is 32.1. The van der Waals surface area contributed by atoms with Gasteiger partial charge in [-0.15, -0.1) is 5.10 Å². The fourth-order valence-electron chi connectivity index (χ4n) is 4.56. The number of ether oxygens (including phenoxy) is 1. The maximum atomic E-state index is 5.91. The zero-order valence-electron chi connectivity index (χ0n) is 17.3. The molecule has 1 aliphatic heterocycles. The van der Waals surface area contributed by atoms with E-state index in [9.17, 15) is 0 Å². The molecule has 156 valence electrons. The summed E-state index contributed by atoms with van der Waals surface area (Å²) in [6.07, 6.45) is 2.27. The van der Waals surface area contributed by atoms with E-state index in [1.54, 1.807) is 0 Å². The number of morpholine rings is 1. The average molecular weight is 422 g/mol. The molecule has 2 aromatic carbocycles. The zero-order valence-corrected chi connectivity index (χ0v) is 18.1. The van der Waals surface area contributed by atoms with E-state index in [1.807, 2.05) is 22.9 Å². The number of aromatic nitrogens is 3. The fourth-order valence-corrected chi connectivity index (χ4v) is 4.85. The van der Waals surface area contributed by atoms with Crippen LogP contribution in [0, 0.1) is 4.77 Å². The molecule has 0 amide bonds. The number of aryl methyl sites for hydroxylation is 1. The van der Waals surface area contributed by atoms with E-state index in [0.29, 0.717) is 25.9 Å². The topological polar surface area (TPSA) is 38.5 Å². The van der Waals surface area contributed by atoms with Crippen LogP contribution >= 0.6 is 12.2 Å². The Morgan fingerprint density at radius 2 is 1.80 bits per heavy atom. The Labute approximate surface area is 182 Å². The lowest BCUT2D eigenvalue weighted by Gasteiger charge is -2.27. The summed E-state index contributed by atoms with van der Waals surface area (Å²) in [5.74, 6) is 0.898. The first-order chi connectivity index (χ1) is 14.7. The maximum absolute atomic E-state index is 5.91. The van der Waals surface area contributed by atoms with Crippen molar-refractivity contribution in [3.05, 3.63) is 70.5 Å². The van der Waals surface area contributed by atoms with Crippen molar-refractivity contribution >= 4 is 18.2 Å². The molecule has 0 spiro atoms. The van der Waals surface area contributed by atoms with Crippen molar-refractivity contribution in [1.29, 1.82) is 0 Å².